The molecule has 1 aromatic carbocycles. The maximum Gasteiger partial charge on any atom is 0.338 e. The van der Waals surface area contributed by atoms with Crippen molar-refractivity contribution in [1.29, 1.82) is 0 Å². The van der Waals surface area contributed by atoms with Crippen molar-refractivity contribution in [3.63, 3.8) is 0 Å². The van der Waals surface area contributed by atoms with Crippen LogP contribution in [-0.4, -0.2) is 61.5 Å². The van der Waals surface area contributed by atoms with Crippen molar-refractivity contribution in [2.24, 2.45) is 0 Å². The summed E-state index contributed by atoms with van der Waals surface area (Å²) in [6.07, 6.45) is 3.66. The van der Waals surface area contributed by atoms with Crippen LogP contribution in [0.15, 0.2) is 47.6 Å². The first-order valence-corrected chi connectivity index (χ1v) is 11.2. The van der Waals surface area contributed by atoms with Crippen LogP contribution in [0.2, 0.25) is 0 Å². The summed E-state index contributed by atoms with van der Waals surface area (Å²) in [5.41, 5.74) is 2.51. The average molecular weight is 445 g/mol. The van der Waals surface area contributed by atoms with Gasteiger partial charge in [0.15, 0.2) is 0 Å². The predicted molar refractivity (Wildman–Crippen MR) is 112 cm³/mol. The van der Waals surface area contributed by atoms with E-state index >= 15 is 0 Å². The number of rotatable bonds is 6. The van der Waals surface area contributed by atoms with E-state index in [1.54, 1.807) is 6.20 Å². The smallest absolute Gasteiger partial charge is 0.338 e. The molecule has 2 aromatic heterocycles. The molecule has 0 saturated carbocycles. The number of hydrogen-bond donors (Lipinski definition) is 0. The lowest BCUT2D eigenvalue weighted by Gasteiger charge is -2.26. The Balaban J connectivity index is 1.55. The van der Waals surface area contributed by atoms with E-state index in [1.165, 1.54) is 29.6 Å². The summed E-state index contributed by atoms with van der Waals surface area (Å²) < 4.78 is 45.2. The van der Waals surface area contributed by atoms with Gasteiger partial charge in [-0.1, -0.05) is 6.07 Å². The number of benzene rings is 1. The van der Waals surface area contributed by atoms with Crippen LogP contribution in [0.5, 0.6) is 5.75 Å². The number of pyridine rings is 1. The van der Waals surface area contributed by atoms with Crippen LogP contribution in [0.3, 0.4) is 0 Å². The number of carbonyl (C=O) groups is 1. The third-order valence-corrected chi connectivity index (χ3v) is 6.99. The van der Waals surface area contributed by atoms with E-state index in [1.807, 2.05) is 29.7 Å². The number of fused-ring (bicyclic) bond motifs is 1. The van der Waals surface area contributed by atoms with Crippen molar-refractivity contribution in [3.8, 4) is 5.75 Å². The van der Waals surface area contributed by atoms with E-state index in [-0.39, 0.29) is 35.9 Å². The molecule has 1 aliphatic rings. The molecule has 3 aromatic rings. The Kier molecular flexibility index (Phi) is 5.94. The second kappa shape index (κ2) is 8.66. The van der Waals surface area contributed by atoms with Crippen LogP contribution in [0, 0.1) is 6.92 Å². The number of aryl methyl sites for hydroxylation is 1. The van der Waals surface area contributed by atoms with Gasteiger partial charge in [-0.15, -0.1) is 0 Å². The Hall–Kier alpha value is -2.95. The third kappa shape index (κ3) is 4.27. The van der Waals surface area contributed by atoms with E-state index in [2.05, 4.69) is 4.98 Å². The number of ether oxygens (including phenoxy) is 3. The molecule has 31 heavy (non-hydrogen) atoms. The topological polar surface area (TPSA) is 99.4 Å². The fourth-order valence-electron chi connectivity index (χ4n) is 3.43. The lowest BCUT2D eigenvalue weighted by molar-refractivity contribution is 0.0468. The number of hydrogen-bond acceptors (Lipinski definition) is 7. The minimum Gasteiger partial charge on any atom is -0.495 e. The third-order valence-electron chi connectivity index (χ3n) is 5.07. The predicted octanol–water partition coefficient (Wildman–Crippen LogP) is 2.03. The number of carbonyl (C=O) groups excluding carboxylic acids is 1. The van der Waals surface area contributed by atoms with E-state index in [4.69, 9.17) is 14.2 Å². The summed E-state index contributed by atoms with van der Waals surface area (Å²) in [6, 6.07) is 8.09. The summed E-state index contributed by atoms with van der Waals surface area (Å²) in [5.74, 6) is -0.478. The second-order valence-corrected chi connectivity index (χ2v) is 9.02. The van der Waals surface area contributed by atoms with Gasteiger partial charge in [-0.05, 0) is 36.8 Å². The van der Waals surface area contributed by atoms with Crippen LogP contribution >= 0.6 is 0 Å². The minimum atomic E-state index is -3.85. The van der Waals surface area contributed by atoms with Gasteiger partial charge in [0.2, 0.25) is 10.0 Å². The molecule has 0 unspecified atom stereocenters. The summed E-state index contributed by atoms with van der Waals surface area (Å²) >= 11 is 0. The standard InChI is InChI=1S/C21H23N3O6S/c1-15-4-3-7-23-13-17(22-20(15)23)14-30-21(25)16-5-6-18(28-2)19(12-16)31(26,27)24-8-10-29-11-9-24/h3-7,12-13H,8-11,14H2,1-2H3. The van der Waals surface area contributed by atoms with E-state index in [0.717, 1.165) is 11.2 Å². The zero-order valence-corrected chi connectivity index (χ0v) is 18.1. The number of sulfonamides is 1. The molecule has 164 valence electrons. The number of nitrogens with zero attached hydrogens (tertiary/aromatic N) is 3. The average Bonchev–Trinajstić information content (AvgIpc) is 3.22. The number of methoxy groups -OCH3 is 1. The molecular weight excluding hydrogens is 422 g/mol. The molecule has 10 heteroatoms. The quantitative estimate of drug-likeness (QED) is 0.535. The van der Waals surface area contributed by atoms with Gasteiger partial charge in [0, 0.05) is 25.5 Å². The first-order valence-electron chi connectivity index (χ1n) is 9.76. The van der Waals surface area contributed by atoms with Crippen molar-refractivity contribution in [2.75, 3.05) is 33.4 Å². The summed E-state index contributed by atoms with van der Waals surface area (Å²) in [6.45, 7) is 3.05. The molecule has 1 fully saturated rings. The molecule has 0 radical (unpaired) electrons. The molecule has 1 aliphatic heterocycles. The Morgan fingerprint density at radius 1 is 1.23 bits per heavy atom. The fraction of sp³-hybridized carbons (Fsp3) is 0.333. The molecule has 9 nitrogen and oxygen atoms in total. The van der Waals surface area contributed by atoms with E-state index < -0.39 is 16.0 Å². The molecule has 0 atom stereocenters. The highest BCUT2D eigenvalue weighted by Gasteiger charge is 2.30. The molecule has 4 rings (SSSR count). The van der Waals surface area contributed by atoms with Crippen LogP contribution in [-0.2, 0) is 26.1 Å². The molecule has 0 bridgehead atoms. The summed E-state index contributed by atoms with van der Waals surface area (Å²) in [5, 5.41) is 0. The Morgan fingerprint density at radius 2 is 2.00 bits per heavy atom. The maximum atomic E-state index is 13.1. The SMILES string of the molecule is COc1ccc(C(=O)OCc2cn3cccc(C)c3n2)cc1S(=O)(=O)N1CCOCC1. The molecule has 0 amide bonds. The molecule has 1 saturated heterocycles. The minimum absolute atomic E-state index is 0.0302. The van der Waals surface area contributed by atoms with Gasteiger partial charge in [-0.25, -0.2) is 18.2 Å². The fourth-order valence-corrected chi connectivity index (χ4v) is 5.02. The van der Waals surface area contributed by atoms with Gasteiger partial charge >= 0.3 is 5.97 Å². The van der Waals surface area contributed by atoms with E-state index in [0.29, 0.717) is 18.9 Å². The molecule has 3 heterocycles. The highest BCUT2D eigenvalue weighted by Crippen LogP contribution is 2.28. The van der Waals surface area contributed by atoms with Gasteiger partial charge in [0.25, 0.3) is 0 Å². The number of aromatic nitrogens is 2. The Labute approximate surface area is 180 Å². The summed E-state index contributed by atoms with van der Waals surface area (Å²) in [4.78, 5) is 17.0. The van der Waals surface area contributed by atoms with Crippen molar-refractivity contribution in [3.05, 3.63) is 59.5 Å². The first-order chi connectivity index (χ1) is 14.9. The maximum absolute atomic E-state index is 13.1. The lowest BCUT2D eigenvalue weighted by atomic mass is 10.2. The number of imidazole rings is 1. The largest absolute Gasteiger partial charge is 0.495 e. The van der Waals surface area contributed by atoms with Gasteiger partial charge in [-0.3, -0.25) is 0 Å². The molecule has 0 aliphatic carbocycles. The van der Waals surface area contributed by atoms with Crippen LogP contribution in [0.4, 0.5) is 0 Å². The number of morpholine rings is 1. The van der Waals surface area contributed by atoms with Gasteiger partial charge in [0.1, 0.15) is 22.9 Å². The van der Waals surface area contributed by atoms with Crippen LogP contribution < -0.4 is 4.74 Å². The normalized spacial score (nSPS) is 15.2. The highest BCUT2D eigenvalue weighted by molar-refractivity contribution is 7.89. The molecule has 0 spiro atoms. The van der Waals surface area contributed by atoms with Gasteiger partial charge < -0.3 is 18.6 Å². The van der Waals surface area contributed by atoms with E-state index in [9.17, 15) is 13.2 Å². The van der Waals surface area contributed by atoms with Crippen molar-refractivity contribution < 1.29 is 27.4 Å². The highest BCUT2D eigenvalue weighted by atomic mass is 32.2. The van der Waals surface area contributed by atoms with Crippen molar-refractivity contribution in [1.82, 2.24) is 13.7 Å². The Morgan fingerprint density at radius 3 is 2.71 bits per heavy atom. The van der Waals surface area contributed by atoms with Crippen molar-refractivity contribution in [2.45, 2.75) is 18.4 Å². The zero-order chi connectivity index (χ0) is 22.0. The Bertz CT molecular complexity index is 1220. The van der Waals surface area contributed by atoms with Crippen molar-refractivity contribution >= 4 is 21.6 Å². The zero-order valence-electron chi connectivity index (χ0n) is 17.3. The monoisotopic (exact) mass is 445 g/mol. The first kappa shape index (κ1) is 21.3. The van der Waals surface area contributed by atoms with Gasteiger partial charge in [-0.2, -0.15) is 4.31 Å². The van der Waals surface area contributed by atoms with Crippen LogP contribution in [0.1, 0.15) is 21.6 Å². The summed E-state index contributed by atoms with van der Waals surface area (Å²) in [7, 11) is -2.46. The van der Waals surface area contributed by atoms with Gasteiger partial charge in [0.05, 0.1) is 31.6 Å². The molecular formula is C21H23N3O6S. The lowest BCUT2D eigenvalue weighted by Crippen LogP contribution is -2.40. The van der Waals surface area contributed by atoms with Crippen LogP contribution in [0.25, 0.3) is 5.65 Å². The molecule has 0 N–H and O–H groups in total. The second-order valence-electron chi connectivity index (χ2n) is 7.11. The number of esters is 1.